The largest absolute Gasteiger partial charge is 0.447 e. The topological polar surface area (TPSA) is 102 Å². The van der Waals surface area contributed by atoms with Gasteiger partial charge in [-0.25, -0.2) is 18.0 Å². The summed E-state index contributed by atoms with van der Waals surface area (Å²) < 4.78 is 48.6. The van der Waals surface area contributed by atoms with Crippen LogP contribution in [0.2, 0.25) is 18.1 Å². The average Bonchev–Trinajstić information content (AvgIpc) is 3.45. The molecule has 2 spiro atoms. The molecule has 9 nitrogen and oxygen atoms in total. The van der Waals surface area contributed by atoms with Crippen molar-refractivity contribution < 1.29 is 31.9 Å². The number of ether oxygens (including phenoxy) is 2. The van der Waals surface area contributed by atoms with Crippen molar-refractivity contribution in [3.05, 3.63) is 42.5 Å². The standard InChI is InChI=1S/C31H46N2O7SSi/c1-28(2,3)39-27(35)33-19-17-30-21-32(41(36,37)23-12-10-9-11-13-23)18-15-22(30)20-24(40-42(7,8)29(4,5)6)31(26(30)33)16-14-25(34)38-31/h9-14,16,22,24,26H,15,17-21H2,1-8H3/t22-,24?,26+,30-,31-/m0/s1. The number of fused-ring (bicyclic) bond motifs is 1. The van der Waals surface area contributed by atoms with Gasteiger partial charge in [0.15, 0.2) is 13.9 Å². The van der Waals surface area contributed by atoms with Gasteiger partial charge < -0.3 is 18.8 Å². The number of carbonyl (C=O) groups is 2. The number of nitrogens with zero attached hydrogens (tertiary/aromatic N) is 2. The molecule has 1 aliphatic carbocycles. The number of amides is 1. The molecule has 0 bridgehead atoms. The molecule has 1 aromatic carbocycles. The minimum atomic E-state index is -3.78. The second-order valence-corrected chi connectivity index (χ2v) is 21.6. The molecule has 5 rings (SSSR count). The third kappa shape index (κ3) is 5.14. The number of piperidine rings is 1. The maximum Gasteiger partial charge on any atom is 0.410 e. The summed E-state index contributed by atoms with van der Waals surface area (Å²) in [5, 5.41) is -0.0945. The predicted molar refractivity (Wildman–Crippen MR) is 162 cm³/mol. The van der Waals surface area contributed by atoms with Gasteiger partial charge >= 0.3 is 12.1 Å². The molecule has 5 atom stereocenters. The number of likely N-dealkylation sites (tertiary alicyclic amines) is 1. The third-order valence-corrected chi connectivity index (χ3v) is 16.5. The quantitative estimate of drug-likeness (QED) is 0.332. The van der Waals surface area contributed by atoms with Crippen LogP contribution in [0.25, 0.3) is 0 Å². The van der Waals surface area contributed by atoms with Crippen molar-refractivity contribution in [1.29, 1.82) is 0 Å². The smallest absolute Gasteiger partial charge is 0.410 e. The molecule has 1 unspecified atom stereocenters. The first-order chi connectivity index (χ1) is 19.3. The number of esters is 1. The van der Waals surface area contributed by atoms with E-state index in [0.29, 0.717) is 32.4 Å². The molecule has 11 heteroatoms. The van der Waals surface area contributed by atoms with Gasteiger partial charge in [-0.15, -0.1) is 0 Å². The highest BCUT2D eigenvalue weighted by molar-refractivity contribution is 7.89. The van der Waals surface area contributed by atoms with E-state index < -0.39 is 59.2 Å². The second-order valence-electron chi connectivity index (χ2n) is 14.9. The van der Waals surface area contributed by atoms with Gasteiger partial charge in [0.2, 0.25) is 10.0 Å². The van der Waals surface area contributed by atoms with E-state index in [1.165, 1.54) is 6.08 Å². The Morgan fingerprint density at radius 3 is 2.31 bits per heavy atom. The lowest BCUT2D eigenvalue weighted by Crippen LogP contribution is -2.73. The Kier molecular flexibility index (Phi) is 7.56. The molecule has 2 saturated heterocycles. The lowest BCUT2D eigenvalue weighted by molar-refractivity contribution is -0.192. The summed E-state index contributed by atoms with van der Waals surface area (Å²) in [4.78, 5) is 28.7. The maximum atomic E-state index is 13.9. The van der Waals surface area contributed by atoms with Crippen LogP contribution in [0.1, 0.15) is 60.8 Å². The number of rotatable bonds is 4. The molecular formula is C31H46N2O7SSi. The molecule has 232 valence electrons. The van der Waals surface area contributed by atoms with Gasteiger partial charge in [-0.2, -0.15) is 4.31 Å². The fraction of sp³-hybridized carbons (Fsp3) is 0.677. The molecule has 0 radical (unpaired) electrons. The molecular weight excluding hydrogens is 573 g/mol. The summed E-state index contributed by atoms with van der Waals surface area (Å²) >= 11 is 0. The van der Waals surface area contributed by atoms with Gasteiger partial charge in [0.25, 0.3) is 0 Å². The Morgan fingerprint density at radius 1 is 1.07 bits per heavy atom. The number of carbonyl (C=O) groups excluding carboxylic acids is 2. The molecule has 0 N–H and O–H groups in total. The van der Waals surface area contributed by atoms with E-state index in [1.54, 1.807) is 45.6 Å². The SMILES string of the molecule is CC(C)(C)OC(=O)N1CC[C@]23CN(S(=O)(=O)c4ccccc4)CC[C@H]2CC(O[Si](C)(C)C(C)(C)C)[C@@]2(C=CC(=O)O2)[C@H]13. The maximum absolute atomic E-state index is 13.9. The van der Waals surface area contributed by atoms with Crippen LogP contribution in [0.5, 0.6) is 0 Å². The van der Waals surface area contributed by atoms with Crippen molar-refractivity contribution in [3.63, 3.8) is 0 Å². The predicted octanol–water partition coefficient (Wildman–Crippen LogP) is 5.34. The Hall–Kier alpha value is -2.21. The van der Waals surface area contributed by atoms with Crippen LogP contribution in [-0.2, 0) is 28.7 Å². The van der Waals surface area contributed by atoms with Crippen molar-refractivity contribution >= 4 is 30.4 Å². The van der Waals surface area contributed by atoms with Gasteiger partial charge in [-0.1, -0.05) is 39.0 Å². The highest BCUT2D eigenvalue weighted by atomic mass is 32.2. The molecule has 0 aromatic heterocycles. The van der Waals surface area contributed by atoms with Gasteiger partial charge in [0.1, 0.15) is 5.60 Å². The van der Waals surface area contributed by atoms with Crippen molar-refractivity contribution in [3.8, 4) is 0 Å². The minimum absolute atomic E-state index is 0.0604. The summed E-state index contributed by atoms with van der Waals surface area (Å²) in [6.45, 7) is 17.3. The number of benzene rings is 1. The Balaban J connectivity index is 1.63. The first-order valence-electron chi connectivity index (χ1n) is 15.0. The van der Waals surface area contributed by atoms with Gasteiger partial charge in [0.05, 0.1) is 17.0 Å². The van der Waals surface area contributed by atoms with Crippen LogP contribution in [0, 0.1) is 11.3 Å². The van der Waals surface area contributed by atoms with E-state index in [9.17, 15) is 18.0 Å². The summed E-state index contributed by atoms with van der Waals surface area (Å²) in [7, 11) is -6.13. The summed E-state index contributed by atoms with van der Waals surface area (Å²) in [5.41, 5.74) is -2.64. The zero-order chi connectivity index (χ0) is 30.9. The highest BCUT2D eigenvalue weighted by Crippen LogP contribution is 2.61. The highest BCUT2D eigenvalue weighted by Gasteiger charge is 2.71. The van der Waals surface area contributed by atoms with Crippen LogP contribution >= 0.6 is 0 Å². The van der Waals surface area contributed by atoms with Crippen LogP contribution in [-0.4, -0.2) is 81.0 Å². The molecule has 4 aliphatic rings. The fourth-order valence-corrected chi connectivity index (χ4v) is 10.1. The summed E-state index contributed by atoms with van der Waals surface area (Å²) in [5.74, 6) is -0.418. The fourth-order valence-electron chi connectivity index (χ4n) is 7.18. The number of sulfonamides is 1. The van der Waals surface area contributed by atoms with Crippen LogP contribution in [0.4, 0.5) is 4.79 Å². The first-order valence-corrected chi connectivity index (χ1v) is 19.3. The zero-order valence-corrected chi connectivity index (χ0v) is 28.0. The van der Waals surface area contributed by atoms with Gasteiger partial charge in [-0.3, -0.25) is 0 Å². The van der Waals surface area contributed by atoms with Crippen LogP contribution in [0.15, 0.2) is 47.4 Å². The number of hydrogen-bond acceptors (Lipinski definition) is 7. The normalized spacial score (nSPS) is 32.0. The molecule has 3 fully saturated rings. The summed E-state index contributed by atoms with van der Waals surface area (Å²) in [6, 6.07) is 7.83. The minimum Gasteiger partial charge on any atom is -0.447 e. The Morgan fingerprint density at radius 2 is 1.74 bits per heavy atom. The van der Waals surface area contributed by atoms with Crippen molar-refractivity contribution in [2.24, 2.45) is 11.3 Å². The third-order valence-electron chi connectivity index (χ3n) is 10.1. The molecule has 1 amide bonds. The van der Waals surface area contributed by atoms with Crippen molar-refractivity contribution in [1.82, 2.24) is 9.21 Å². The molecule has 42 heavy (non-hydrogen) atoms. The van der Waals surface area contributed by atoms with Crippen molar-refractivity contribution in [2.75, 3.05) is 19.6 Å². The van der Waals surface area contributed by atoms with E-state index in [-0.39, 0.29) is 22.4 Å². The lowest BCUT2D eigenvalue weighted by atomic mass is 9.55. The van der Waals surface area contributed by atoms with Gasteiger partial charge in [-0.05, 0) is 82.3 Å². The molecule has 1 aromatic rings. The average molecular weight is 619 g/mol. The summed E-state index contributed by atoms with van der Waals surface area (Å²) in [6.07, 6.45) is 4.05. The Bertz CT molecular complexity index is 1370. The van der Waals surface area contributed by atoms with Crippen molar-refractivity contribution in [2.45, 2.75) is 107 Å². The van der Waals surface area contributed by atoms with E-state index >= 15 is 0 Å². The number of hydrogen-bond donors (Lipinski definition) is 0. The van der Waals surface area contributed by atoms with Gasteiger partial charge in [0, 0.05) is 31.1 Å². The molecule has 3 heterocycles. The second kappa shape index (κ2) is 10.2. The molecule has 3 aliphatic heterocycles. The Labute approximate surface area is 251 Å². The lowest BCUT2D eigenvalue weighted by Gasteiger charge is -2.60. The zero-order valence-electron chi connectivity index (χ0n) is 26.2. The van der Waals surface area contributed by atoms with E-state index in [2.05, 4.69) is 33.9 Å². The monoisotopic (exact) mass is 618 g/mol. The van der Waals surface area contributed by atoms with E-state index in [1.807, 2.05) is 20.8 Å². The molecule has 1 saturated carbocycles. The van der Waals surface area contributed by atoms with E-state index in [0.717, 1.165) is 0 Å². The van der Waals surface area contributed by atoms with E-state index in [4.69, 9.17) is 13.9 Å². The van der Waals surface area contributed by atoms with Crippen LogP contribution in [0.3, 0.4) is 0 Å². The first kappa shape index (κ1) is 31.2. The van der Waals surface area contributed by atoms with Crippen LogP contribution < -0.4 is 0 Å².